The largest absolute Gasteiger partial charge is 0.373 e. The number of thioether (sulfide) groups is 1. The van der Waals surface area contributed by atoms with Gasteiger partial charge in [-0.05, 0) is 17.9 Å². The molecule has 0 unspecified atom stereocenters. The smallest absolute Gasteiger partial charge is 0.225 e. The van der Waals surface area contributed by atoms with E-state index in [-0.39, 0.29) is 5.28 Å². The predicted octanol–water partition coefficient (Wildman–Crippen LogP) is 1.89. The van der Waals surface area contributed by atoms with E-state index in [9.17, 15) is 0 Å². The highest BCUT2D eigenvalue weighted by atomic mass is 35.5. The van der Waals surface area contributed by atoms with Crippen LogP contribution in [0.25, 0.3) is 0 Å². The second-order valence-corrected chi connectivity index (χ2v) is 2.98. The maximum absolute atomic E-state index is 5.63. The first-order valence-electron chi connectivity index (χ1n) is 3.02. The van der Waals surface area contributed by atoms with E-state index < -0.39 is 0 Å². The van der Waals surface area contributed by atoms with Crippen molar-refractivity contribution < 1.29 is 0 Å². The quantitative estimate of drug-likeness (QED) is 0.438. The van der Waals surface area contributed by atoms with E-state index in [2.05, 4.69) is 15.3 Å². The number of hydrogen-bond acceptors (Lipinski definition) is 4. The summed E-state index contributed by atoms with van der Waals surface area (Å²) in [4.78, 5) is 7.91. The maximum Gasteiger partial charge on any atom is 0.225 e. The Balaban J connectivity index is 3.02. The first-order chi connectivity index (χ1) is 5.26. The molecule has 0 aliphatic carbocycles. The average Bonchev–Trinajstić information content (AvgIpc) is 2.03. The zero-order valence-corrected chi connectivity index (χ0v) is 7.83. The Morgan fingerprint density at radius 2 is 2.27 bits per heavy atom. The average molecular weight is 190 g/mol. The summed E-state index contributed by atoms with van der Waals surface area (Å²) in [7, 11) is 1.79. The van der Waals surface area contributed by atoms with Crippen LogP contribution in [0.5, 0.6) is 0 Å². The lowest BCUT2D eigenvalue weighted by Crippen LogP contribution is -1.94. The number of hydrogen-bond donors (Lipinski definition) is 1. The van der Waals surface area contributed by atoms with Gasteiger partial charge in [0.15, 0.2) is 0 Å². The van der Waals surface area contributed by atoms with E-state index >= 15 is 0 Å². The van der Waals surface area contributed by atoms with Gasteiger partial charge < -0.3 is 5.32 Å². The van der Waals surface area contributed by atoms with Crippen LogP contribution in [0, 0.1) is 0 Å². The van der Waals surface area contributed by atoms with E-state index in [1.54, 1.807) is 7.05 Å². The molecule has 1 N–H and O–H groups in total. The van der Waals surface area contributed by atoms with Gasteiger partial charge in [-0.15, -0.1) is 11.8 Å². The lowest BCUT2D eigenvalue weighted by molar-refractivity contribution is 1.05. The fourth-order valence-corrected chi connectivity index (χ4v) is 1.27. The molecule has 0 radical (unpaired) electrons. The van der Waals surface area contributed by atoms with Crippen LogP contribution in [0.2, 0.25) is 5.28 Å². The van der Waals surface area contributed by atoms with Gasteiger partial charge >= 0.3 is 0 Å². The lowest BCUT2D eigenvalue weighted by atomic mass is 10.6. The molecule has 1 aromatic heterocycles. The third kappa shape index (κ3) is 2.24. The van der Waals surface area contributed by atoms with Gasteiger partial charge in [0, 0.05) is 13.1 Å². The van der Waals surface area contributed by atoms with Crippen molar-refractivity contribution in [2.45, 2.75) is 5.03 Å². The van der Waals surface area contributed by atoms with Gasteiger partial charge in [0.25, 0.3) is 0 Å². The van der Waals surface area contributed by atoms with Gasteiger partial charge in [0.2, 0.25) is 5.28 Å². The topological polar surface area (TPSA) is 37.8 Å². The molecular weight excluding hydrogens is 182 g/mol. The molecule has 0 aliphatic rings. The Morgan fingerprint density at radius 1 is 1.55 bits per heavy atom. The molecule has 11 heavy (non-hydrogen) atoms. The molecule has 0 saturated heterocycles. The highest BCUT2D eigenvalue weighted by Gasteiger charge is 1.98. The second-order valence-electron chi connectivity index (χ2n) is 1.81. The molecular formula is C6H8ClN3S. The van der Waals surface area contributed by atoms with E-state index in [0.29, 0.717) is 0 Å². The monoisotopic (exact) mass is 189 g/mol. The third-order valence-corrected chi connectivity index (χ3v) is 1.94. The molecule has 0 aromatic carbocycles. The summed E-state index contributed by atoms with van der Waals surface area (Å²) in [6.07, 6.45) is 1.94. The number of anilines is 1. The minimum absolute atomic E-state index is 0.279. The Kier molecular flexibility index (Phi) is 2.96. The number of rotatable bonds is 2. The van der Waals surface area contributed by atoms with Crippen molar-refractivity contribution in [2.75, 3.05) is 18.6 Å². The van der Waals surface area contributed by atoms with Gasteiger partial charge in [0.05, 0.1) is 0 Å². The Hall–Kier alpha value is -0.480. The summed E-state index contributed by atoms with van der Waals surface area (Å²) in [5.41, 5.74) is 0. The Morgan fingerprint density at radius 3 is 2.82 bits per heavy atom. The molecule has 0 saturated carbocycles. The Bertz CT molecular complexity index is 231. The van der Waals surface area contributed by atoms with Crippen LogP contribution in [0.1, 0.15) is 0 Å². The zero-order chi connectivity index (χ0) is 8.27. The van der Waals surface area contributed by atoms with Crippen molar-refractivity contribution in [1.29, 1.82) is 0 Å². The fourth-order valence-electron chi connectivity index (χ4n) is 0.629. The molecule has 0 aliphatic heterocycles. The Labute approximate surface area is 74.6 Å². The van der Waals surface area contributed by atoms with Gasteiger partial charge in [0.1, 0.15) is 10.8 Å². The summed E-state index contributed by atoms with van der Waals surface area (Å²) in [5.74, 6) is 0.745. The minimum Gasteiger partial charge on any atom is -0.373 e. The summed E-state index contributed by atoms with van der Waals surface area (Å²) >= 11 is 7.17. The summed E-state index contributed by atoms with van der Waals surface area (Å²) in [6, 6.07) is 1.84. The summed E-state index contributed by atoms with van der Waals surface area (Å²) < 4.78 is 0. The second kappa shape index (κ2) is 3.78. The first kappa shape index (κ1) is 8.62. The molecule has 60 valence electrons. The van der Waals surface area contributed by atoms with Crippen molar-refractivity contribution >= 4 is 29.2 Å². The normalized spacial score (nSPS) is 9.73. The standard InChI is InChI=1S/C6H8ClN3S/c1-8-4-3-5(11-2)10-6(7)9-4/h3H,1-2H3,(H,8,9,10). The van der Waals surface area contributed by atoms with Gasteiger partial charge in [-0.1, -0.05) is 0 Å². The molecule has 3 nitrogen and oxygen atoms in total. The molecule has 0 bridgehead atoms. The van der Waals surface area contributed by atoms with Crippen molar-refractivity contribution in [3.8, 4) is 0 Å². The minimum atomic E-state index is 0.279. The third-order valence-electron chi connectivity index (χ3n) is 1.14. The number of nitrogens with zero attached hydrogens (tertiary/aromatic N) is 2. The van der Waals surface area contributed by atoms with E-state index in [1.807, 2.05) is 12.3 Å². The fraction of sp³-hybridized carbons (Fsp3) is 0.333. The molecule has 0 atom stereocenters. The highest BCUT2D eigenvalue weighted by Crippen LogP contribution is 2.17. The van der Waals surface area contributed by atoms with Crippen molar-refractivity contribution in [1.82, 2.24) is 9.97 Å². The van der Waals surface area contributed by atoms with Crippen LogP contribution in [-0.2, 0) is 0 Å². The molecule has 0 spiro atoms. The molecule has 5 heteroatoms. The van der Waals surface area contributed by atoms with Crippen LogP contribution in [0.15, 0.2) is 11.1 Å². The first-order valence-corrected chi connectivity index (χ1v) is 4.63. The molecule has 0 fully saturated rings. The lowest BCUT2D eigenvalue weighted by Gasteiger charge is -2.00. The highest BCUT2D eigenvalue weighted by molar-refractivity contribution is 7.98. The maximum atomic E-state index is 5.63. The van der Waals surface area contributed by atoms with Crippen LogP contribution < -0.4 is 5.32 Å². The van der Waals surface area contributed by atoms with Gasteiger partial charge in [-0.25, -0.2) is 9.97 Å². The van der Waals surface area contributed by atoms with Crippen LogP contribution >= 0.6 is 23.4 Å². The van der Waals surface area contributed by atoms with E-state index in [4.69, 9.17) is 11.6 Å². The van der Waals surface area contributed by atoms with Crippen LogP contribution in [0.4, 0.5) is 5.82 Å². The number of aromatic nitrogens is 2. The predicted molar refractivity (Wildman–Crippen MR) is 48.4 cm³/mol. The number of nitrogens with one attached hydrogen (secondary N) is 1. The SMILES string of the molecule is CNc1cc(SC)nc(Cl)n1. The molecule has 1 heterocycles. The number of halogens is 1. The van der Waals surface area contributed by atoms with E-state index in [0.717, 1.165) is 10.8 Å². The molecule has 1 rings (SSSR count). The van der Waals surface area contributed by atoms with Crippen LogP contribution in [0.3, 0.4) is 0 Å². The summed E-state index contributed by atoms with van der Waals surface area (Å²) in [6.45, 7) is 0. The van der Waals surface area contributed by atoms with E-state index in [1.165, 1.54) is 11.8 Å². The molecule has 1 aromatic rings. The van der Waals surface area contributed by atoms with Crippen LogP contribution in [-0.4, -0.2) is 23.3 Å². The van der Waals surface area contributed by atoms with Crippen molar-refractivity contribution in [3.63, 3.8) is 0 Å². The van der Waals surface area contributed by atoms with Gasteiger partial charge in [-0.2, -0.15) is 0 Å². The zero-order valence-electron chi connectivity index (χ0n) is 6.26. The molecule has 0 amide bonds. The van der Waals surface area contributed by atoms with Crippen molar-refractivity contribution in [3.05, 3.63) is 11.3 Å². The van der Waals surface area contributed by atoms with Gasteiger partial charge in [-0.3, -0.25) is 0 Å². The summed E-state index contributed by atoms with van der Waals surface area (Å²) in [5, 5.41) is 4.04. The van der Waals surface area contributed by atoms with Crippen molar-refractivity contribution in [2.24, 2.45) is 0 Å².